The summed E-state index contributed by atoms with van der Waals surface area (Å²) in [7, 11) is -2.79. The highest BCUT2D eigenvalue weighted by Crippen LogP contribution is 2.49. The van der Waals surface area contributed by atoms with Crippen LogP contribution >= 0.6 is 11.8 Å². The van der Waals surface area contributed by atoms with Gasteiger partial charge in [0, 0.05) is 53.5 Å². The van der Waals surface area contributed by atoms with Gasteiger partial charge in [-0.15, -0.1) is 0 Å². The minimum atomic E-state index is -2.79. The molecular formula is C60H39N3SSi. The van der Waals surface area contributed by atoms with Gasteiger partial charge >= 0.3 is 0 Å². The van der Waals surface area contributed by atoms with Crippen molar-refractivity contribution in [2.75, 3.05) is 0 Å². The molecule has 0 saturated heterocycles. The molecule has 1 aliphatic rings. The number of hydrogen-bond donors (Lipinski definition) is 0. The van der Waals surface area contributed by atoms with Crippen LogP contribution < -0.4 is 20.7 Å². The highest BCUT2D eigenvalue weighted by Gasteiger charge is 2.41. The molecule has 13 aromatic rings. The normalized spacial score (nSPS) is 12.6. The van der Waals surface area contributed by atoms with Crippen molar-refractivity contribution in [1.29, 1.82) is 0 Å². The van der Waals surface area contributed by atoms with E-state index in [1.165, 1.54) is 107 Å². The zero-order valence-corrected chi connectivity index (χ0v) is 37.1. The molecule has 3 nitrogen and oxygen atoms in total. The van der Waals surface area contributed by atoms with E-state index in [0.29, 0.717) is 0 Å². The van der Waals surface area contributed by atoms with Crippen molar-refractivity contribution in [1.82, 2.24) is 13.7 Å². The first-order chi connectivity index (χ1) is 32.3. The fraction of sp³-hybridized carbons (Fsp3) is 0. The molecule has 10 aromatic carbocycles. The van der Waals surface area contributed by atoms with Gasteiger partial charge < -0.3 is 13.7 Å². The van der Waals surface area contributed by atoms with Crippen LogP contribution in [0.15, 0.2) is 246 Å². The van der Waals surface area contributed by atoms with Crippen molar-refractivity contribution >= 4 is 106 Å². The van der Waals surface area contributed by atoms with E-state index >= 15 is 0 Å². The molecule has 3 aromatic heterocycles. The predicted molar refractivity (Wildman–Crippen MR) is 277 cm³/mol. The molecule has 0 radical (unpaired) electrons. The van der Waals surface area contributed by atoms with Crippen molar-refractivity contribution in [3.05, 3.63) is 237 Å². The number of para-hydroxylation sites is 4. The summed E-state index contributed by atoms with van der Waals surface area (Å²) in [6.07, 6.45) is 0. The van der Waals surface area contributed by atoms with Crippen molar-refractivity contribution in [3.8, 4) is 17.1 Å². The zero-order valence-electron chi connectivity index (χ0n) is 35.3. The third kappa shape index (κ3) is 5.13. The third-order valence-electron chi connectivity index (χ3n) is 13.9. The second kappa shape index (κ2) is 14.1. The van der Waals surface area contributed by atoms with Gasteiger partial charge in [0.05, 0.1) is 38.8 Å². The lowest BCUT2D eigenvalue weighted by Gasteiger charge is -2.34. The Kier molecular flexibility index (Phi) is 7.94. The molecule has 0 unspecified atom stereocenters. The molecule has 65 heavy (non-hydrogen) atoms. The molecule has 1 aliphatic heterocycles. The summed E-state index contributed by atoms with van der Waals surface area (Å²) < 4.78 is 7.55. The highest BCUT2D eigenvalue weighted by molar-refractivity contribution is 7.99. The Labute approximate surface area is 381 Å². The maximum absolute atomic E-state index is 2.79. The lowest BCUT2D eigenvalue weighted by molar-refractivity contribution is 1.08. The average Bonchev–Trinajstić information content (AvgIpc) is 4.02. The molecule has 0 saturated carbocycles. The van der Waals surface area contributed by atoms with Crippen LogP contribution in [0.5, 0.6) is 0 Å². The van der Waals surface area contributed by atoms with Crippen LogP contribution in [0.1, 0.15) is 0 Å². The van der Waals surface area contributed by atoms with Gasteiger partial charge in [0.2, 0.25) is 0 Å². The fourth-order valence-electron chi connectivity index (χ4n) is 11.3. The average molecular weight is 862 g/mol. The lowest BCUT2D eigenvalue weighted by atomic mass is 10.1. The Balaban J connectivity index is 1.07. The summed E-state index contributed by atoms with van der Waals surface area (Å²) >= 11 is 1.88. The van der Waals surface area contributed by atoms with Gasteiger partial charge in [0.15, 0.2) is 8.07 Å². The van der Waals surface area contributed by atoms with E-state index in [-0.39, 0.29) is 0 Å². The Morgan fingerprint density at radius 3 is 1.51 bits per heavy atom. The van der Waals surface area contributed by atoms with Crippen molar-refractivity contribution in [2.45, 2.75) is 9.79 Å². The van der Waals surface area contributed by atoms with Crippen LogP contribution in [-0.4, -0.2) is 21.8 Å². The van der Waals surface area contributed by atoms with E-state index in [2.05, 4.69) is 250 Å². The van der Waals surface area contributed by atoms with Crippen molar-refractivity contribution in [3.63, 3.8) is 0 Å². The Bertz CT molecular complexity index is 3940. The fourth-order valence-corrected chi connectivity index (χ4v) is 17.3. The summed E-state index contributed by atoms with van der Waals surface area (Å²) in [6.45, 7) is 0. The van der Waals surface area contributed by atoms with Gasteiger partial charge in [0.1, 0.15) is 0 Å². The van der Waals surface area contributed by atoms with Gasteiger partial charge in [-0.2, -0.15) is 0 Å². The van der Waals surface area contributed by atoms with Gasteiger partial charge in [-0.3, -0.25) is 0 Å². The zero-order chi connectivity index (χ0) is 42.6. The van der Waals surface area contributed by atoms with Crippen molar-refractivity contribution in [2.24, 2.45) is 0 Å². The SMILES string of the molecule is c1ccc([Si](c2ccccc2)(c2ccccc2)c2cccc(-n3c4ccccc4c4c3ccc3c5ccccc5n(-c5cc6c7c(c5)c5ccccc5n7-c5ccccc5S6)c34)c2)cc1. The third-order valence-corrected chi connectivity index (χ3v) is 19.8. The lowest BCUT2D eigenvalue weighted by Crippen LogP contribution is -2.74. The van der Waals surface area contributed by atoms with E-state index in [1.54, 1.807) is 0 Å². The monoisotopic (exact) mass is 861 g/mol. The molecule has 5 heteroatoms. The Morgan fingerprint density at radius 2 is 0.831 bits per heavy atom. The van der Waals surface area contributed by atoms with Crippen LogP contribution in [0, 0.1) is 0 Å². The topological polar surface area (TPSA) is 14.8 Å². The highest BCUT2D eigenvalue weighted by atomic mass is 32.2. The van der Waals surface area contributed by atoms with E-state index in [9.17, 15) is 0 Å². The first-order valence-electron chi connectivity index (χ1n) is 22.3. The molecule has 0 bridgehead atoms. The number of benzene rings is 10. The van der Waals surface area contributed by atoms with Crippen LogP contribution in [0.3, 0.4) is 0 Å². The summed E-state index contributed by atoms with van der Waals surface area (Å²) in [5.41, 5.74) is 10.9. The Hall–Kier alpha value is -7.83. The van der Waals surface area contributed by atoms with E-state index in [1.807, 2.05) is 11.8 Å². The number of nitrogens with zero attached hydrogens (tertiary/aromatic N) is 3. The largest absolute Gasteiger partial charge is 0.309 e. The van der Waals surface area contributed by atoms with Crippen LogP contribution in [0.4, 0.5) is 0 Å². The summed E-state index contributed by atoms with van der Waals surface area (Å²) in [5.74, 6) is 0. The quantitative estimate of drug-likeness (QED) is 0.120. The molecule has 304 valence electrons. The van der Waals surface area contributed by atoms with Crippen LogP contribution in [-0.2, 0) is 0 Å². The summed E-state index contributed by atoms with van der Waals surface area (Å²) in [6, 6.07) is 88.4. The van der Waals surface area contributed by atoms with E-state index in [0.717, 1.165) is 5.69 Å². The number of fused-ring (bicyclic) bond motifs is 12. The van der Waals surface area contributed by atoms with Gasteiger partial charge in [-0.25, -0.2) is 0 Å². The minimum Gasteiger partial charge on any atom is -0.309 e. The smallest absolute Gasteiger partial charge is 0.179 e. The standard InChI is InChI=1S/C60H39N3SSi/c1-4-20-42(21-5-1)65(43-22-6-2-7-23-43,44-24-8-3-9-25-44)45-26-18-19-40(37-45)61-53-32-15-12-29-49(53)58-55(61)36-35-48-46-27-10-13-30-51(46)62(60(48)58)41-38-50-47-28-11-14-31-52(47)63-54-33-16-17-34-56(54)64-57(39-41)59(50)63/h1-39H. The predicted octanol–water partition coefficient (Wildman–Crippen LogP) is 12.8. The van der Waals surface area contributed by atoms with Crippen LogP contribution in [0.2, 0.25) is 0 Å². The molecule has 0 aliphatic carbocycles. The second-order valence-corrected chi connectivity index (χ2v) is 22.1. The van der Waals surface area contributed by atoms with Gasteiger partial charge in [-0.1, -0.05) is 188 Å². The molecular weight excluding hydrogens is 823 g/mol. The Morgan fingerprint density at radius 1 is 0.292 bits per heavy atom. The van der Waals surface area contributed by atoms with E-state index < -0.39 is 8.07 Å². The summed E-state index contributed by atoms with van der Waals surface area (Å²) in [5, 5.41) is 13.0. The molecule has 0 amide bonds. The van der Waals surface area contributed by atoms with Gasteiger partial charge in [0.25, 0.3) is 0 Å². The summed E-state index contributed by atoms with van der Waals surface area (Å²) in [4.78, 5) is 2.54. The van der Waals surface area contributed by atoms with Crippen LogP contribution in [0.25, 0.3) is 82.5 Å². The first-order valence-corrected chi connectivity index (χ1v) is 25.2. The van der Waals surface area contributed by atoms with E-state index in [4.69, 9.17) is 0 Å². The number of aromatic nitrogens is 3. The molecule has 14 rings (SSSR count). The molecule has 0 fully saturated rings. The molecule has 0 N–H and O–H groups in total. The maximum Gasteiger partial charge on any atom is 0.179 e. The number of hydrogen-bond acceptors (Lipinski definition) is 1. The molecule has 0 spiro atoms. The first kappa shape index (κ1) is 36.6. The van der Waals surface area contributed by atoms with Crippen molar-refractivity contribution < 1.29 is 0 Å². The molecule has 4 heterocycles. The number of rotatable bonds is 6. The second-order valence-electron chi connectivity index (χ2n) is 17.2. The van der Waals surface area contributed by atoms with Gasteiger partial charge in [-0.05, 0) is 81.4 Å². The molecule has 0 atom stereocenters. The maximum atomic E-state index is 2.56. The minimum absolute atomic E-state index is 1.16.